The summed E-state index contributed by atoms with van der Waals surface area (Å²) in [4.78, 5) is 0. The van der Waals surface area contributed by atoms with Gasteiger partial charge in [0, 0.05) is 16.9 Å². The quantitative estimate of drug-likeness (QED) is 0.676. The Morgan fingerprint density at radius 2 is 1.48 bits per heavy atom. The molecule has 0 aliphatic rings. The van der Waals surface area contributed by atoms with E-state index in [1.54, 1.807) is 0 Å². The molecule has 116 valence electrons. The van der Waals surface area contributed by atoms with Crippen molar-refractivity contribution in [1.82, 2.24) is 0 Å². The Morgan fingerprint density at radius 1 is 0.783 bits per heavy atom. The lowest BCUT2D eigenvalue weighted by Crippen LogP contribution is -1.94. The Hall–Kier alpha value is -2.94. The van der Waals surface area contributed by atoms with Gasteiger partial charge in [0.05, 0.1) is 0 Å². The molecule has 4 N–H and O–H groups in total. The Balaban J connectivity index is 1.94. The minimum absolute atomic E-state index is 0.724. The first-order valence-corrected chi connectivity index (χ1v) is 7.68. The zero-order chi connectivity index (χ0) is 16.2. The number of ether oxygens (including phenoxy) is 1. The van der Waals surface area contributed by atoms with Gasteiger partial charge in [-0.05, 0) is 60.0 Å². The lowest BCUT2D eigenvalue weighted by atomic mass is 9.96. The van der Waals surface area contributed by atoms with Gasteiger partial charge in [-0.2, -0.15) is 0 Å². The third-order valence-electron chi connectivity index (χ3n) is 3.82. The molecule has 0 unspecified atom stereocenters. The predicted octanol–water partition coefficient (Wildman–Crippen LogP) is 4.87. The van der Waals surface area contributed by atoms with Crippen LogP contribution < -0.4 is 16.2 Å². The summed E-state index contributed by atoms with van der Waals surface area (Å²) in [5.74, 6) is 1.58. The van der Waals surface area contributed by atoms with E-state index >= 15 is 0 Å². The van der Waals surface area contributed by atoms with Crippen molar-refractivity contribution < 1.29 is 4.74 Å². The number of benzene rings is 3. The SMILES string of the molecule is CCc1cc(Oc2ccc(N)cc2)ccc1-c1ccccc1N. The van der Waals surface area contributed by atoms with Crippen LogP contribution in [0.3, 0.4) is 0 Å². The molecule has 23 heavy (non-hydrogen) atoms. The maximum atomic E-state index is 6.11. The van der Waals surface area contributed by atoms with Gasteiger partial charge in [-0.1, -0.05) is 31.2 Å². The van der Waals surface area contributed by atoms with Gasteiger partial charge in [-0.3, -0.25) is 0 Å². The van der Waals surface area contributed by atoms with Crippen LogP contribution in [0.25, 0.3) is 11.1 Å². The molecule has 0 fully saturated rings. The van der Waals surface area contributed by atoms with Crippen LogP contribution in [0.1, 0.15) is 12.5 Å². The highest BCUT2D eigenvalue weighted by molar-refractivity contribution is 5.79. The molecule has 3 aromatic rings. The predicted molar refractivity (Wildman–Crippen MR) is 96.6 cm³/mol. The standard InChI is InChI=1S/C20H20N2O/c1-2-14-13-17(23-16-9-7-15(21)8-10-16)11-12-18(14)19-5-3-4-6-20(19)22/h3-13H,2,21-22H2,1H3. The highest BCUT2D eigenvalue weighted by Crippen LogP contribution is 2.33. The molecule has 3 rings (SSSR count). The van der Waals surface area contributed by atoms with Crippen LogP contribution in [0.4, 0.5) is 11.4 Å². The topological polar surface area (TPSA) is 61.3 Å². The zero-order valence-electron chi connectivity index (χ0n) is 13.1. The van der Waals surface area contributed by atoms with Crippen LogP contribution >= 0.6 is 0 Å². The van der Waals surface area contributed by atoms with Crippen LogP contribution in [0.5, 0.6) is 11.5 Å². The minimum atomic E-state index is 0.724. The van der Waals surface area contributed by atoms with Crippen molar-refractivity contribution >= 4 is 11.4 Å². The van der Waals surface area contributed by atoms with E-state index in [0.717, 1.165) is 40.4 Å². The number of hydrogen-bond donors (Lipinski definition) is 2. The van der Waals surface area contributed by atoms with E-state index in [0.29, 0.717) is 0 Å². The molecule has 0 amide bonds. The van der Waals surface area contributed by atoms with Crippen LogP contribution in [0.2, 0.25) is 0 Å². The van der Waals surface area contributed by atoms with Gasteiger partial charge < -0.3 is 16.2 Å². The Morgan fingerprint density at radius 3 is 2.17 bits per heavy atom. The van der Waals surface area contributed by atoms with Crippen LogP contribution in [-0.4, -0.2) is 0 Å². The summed E-state index contributed by atoms with van der Waals surface area (Å²) in [6.45, 7) is 2.13. The lowest BCUT2D eigenvalue weighted by molar-refractivity contribution is 0.482. The molecule has 0 aliphatic carbocycles. The summed E-state index contributed by atoms with van der Waals surface area (Å²) in [6.07, 6.45) is 0.905. The summed E-state index contributed by atoms with van der Waals surface area (Å²) in [5, 5.41) is 0. The number of nitrogen functional groups attached to an aromatic ring is 2. The van der Waals surface area contributed by atoms with Gasteiger partial charge in [0.2, 0.25) is 0 Å². The molecule has 0 saturated heterocycles. The summed E-state index contributed by atoms with van der Waals surface area (Å²) in [5.41, 5.74) is 16.7. The van der Waals surface area contributed by atoms with Crippen molar-refractivity contribution in [2.75, 3.05) is 11.5 Å². The van der Waals surface area contributed by atoms with Gasteiger partial charge in [-0.15, -0.1) is 0 Å². The second-order valence-corrected chi connectivity index (χ2v) is 5.43. The summed E-state index contributed by atoms with van der Waals surface area (Å²) < 4.78 is 5.91. The number of rotatable bonds is 4. The third kappa shape index (κ3) is 3.29. The number of para-hydroxylation sites is 1. The molecule has 3 nitrogen and oxygen atoms in total. The molecular weight excluding hydrogens is 284 g/mol. The molecule has 3 aromatic carbocycles. The average Bonchev–Trinajstić information content (AvgIpc) is 2.57. The second kappa shape index (κ2) is 6.44. The molecule has 0 aromatic heterocycles. The minimum Gasteiger partial charge on any atom is -0.457 e. The monoisotopic (exact) mass is 304 g/mol. The van der Waals surface area contributed by atoms with E-state index in [1.165, 1.54) is 5.56 Å². The van der Waals surface area contributed by atoms with Gasteiger partial charge in [-0.25, -0.2) is 0 Å². The normalized spacial score (nSPS) is 10.5. The third-order valence-corrected chi connectivity index (χ3v) is 3.82. The van der Waals surface area contributed by atoms with Crippen LogP contribution in [0.15, 0.2) is 66.7 Å². The van der Waals surface area contributed by atoms with E-state index < -0.39 is 0 Å². The summed E-state index contributed by atoms with van der Waals surface area (Å²) in [6, 6.07) is 21.4. The van der Waals surface area contributed by atoms with E-state index in [9.17, 15) is 0 Å². The van der Waals surface area contributed by atoms with Crippen molar-refractivity contribution in [3.05, 3.63) is 72.3 Å². The fourth-order valence-corrected chi connectivity index (χ4v) is 2.60. The molecule has 0 saturated carbocycles. The Labute approximate surface area is 136 Å². The second-order valence-electron chi connectivity index (χ2n) is 5.43. The van der Waals surface area contributed by atoms with Crippen molar-refractivity contribution in [2.45, 2.75) is 13.3 Å². The number of anilines is 2. The largest absolute Gasteiger partial charge is 0.457 e. The molecule has 0 bridgehead atoms. The molecule has 0 radical (unpaired) electrons. The molecule has 0 atom stereocenters. The van der Waals surface area contributed by atoms with Gasteiger partial charge in [0.15, 0.2) is 0 Å². The fraction of sp³-hybridized carbons (Fsp3) is 0.100. The van der Waals surface area contributed by atoms with Crippen LogP contribution in [0, 0.1) is 0 Å². The van der Waals surface area contributed by atoms with Gasteiger partial charge >= 0.3 is 0 Å². The van der Waals surface area contributed by atoms with E-state index in [2.05, 4.69) is 19.1 Å². The average molecular weight is 304 g/mol. The highest BCUT2D eigenvalue weighted by atomic mass is 16.5. The van der Waals surface area contributed by atoms with Gasteiger partial charge in [0.1, 0.15) is 11.5 Å². The van der Waals surface area contributed by atoms with Crippen molar-refractivity contribution in [2.24, 2.45) is 0 Å². The van der Waals surface area contributed by atoms with Crippen molar-refractivity contribution in [3.63, 3.8) is 0 Å². The zero-order valence-corrected chi connectivity index (χ0v) is 13.1. The molecular formula is C20H20N2O. The van der Waals surface area contributed by atoms with Crippen molar-refractivity contribution in [1.29, 1.82) is 0 Å². The number of aryl methyl sites for hydroxylation is 1. The summed E-state index contributed by atoms with van der Waals surface area (Å²) in [7, 11) is 0. The first-order chi connectivity index (χ1) is 11.2. The lowest BCUT2D eigenvalue weighted by Gasteiger charge is -2.13. The van der Waals surface area contributed by atoms with E-state index in [1.807, 2.05) is 54.6 Å². The first-order valence-electron chi connectivity index (χ1n) is 7.68. The van der Waals surface area contributed by atoms with Gasteiger partial charge in [0.25, 0.3) is 0 Å². The smallest absolute Gasteiger partial charge is 0.127 e. The van der Waals surface area contributed by atoms with Crippen LogP contribution in [-0.2, 0) is 6.42 Å². The van der Waals surface area contributed by atoms with E-state index in [-0.39, 0.29) is 0 Å². The molecule has 3 heteroatoms. The van der Waals surface area contributed by atoms with E-state index in [4.69, 9.17) is 16.2 Å². The first kappa shape index (κ1) is 15.0. The Bertz CT molecular complexity index is 810. The van der Waals surface area contributed by atoms with Crippen molar-refractivity contribution in [3.8, 4) is 22.6 Å². The molecule has 0 aliphatic heterocycles. The summed E-state index contributed by atoms with van der Waals surface area (Å²) >= 11 is 0. The maximum absolute atomic E-state index is 6.11. The highest BCUT2D eigenvalue weighted by Gasteiger charge is 2.09. The fourth-order valence-electron chi connectivity index (χ4n) is 2.60. The number of hydrogen-bond acceptors (Lipinski definition) is 3. The maximum Gasteiger partial charge on any atom is 0.127 e. The Kier molecular flexibility index (Phi) is 4.20. The molecule has 0 spiro atoms. The molecule has 0 heterocycles. The number of nitrogens with two attached hydrogens (primary N) is 2.